The third kappa shape index (κ3) is 2.02. The fraction of sp³-hybridized carbons (Fsp3) is 0.812. The molecule has 0 aromatic heterocycles. The van der Waals surface area contributed by atoms with Crippen LogP contribution in [0.4, 0.5) is 4.39 Å². The molecule has 2 nitrogen and oxygen atoms in total. The van der Waals surface area contributed by atoms with Crippen LogP contribution in [0.25, 0.3) is 0 Å². The summed E-state index contributed by atoms with van der Waals surface area (Å²) in [6.45, 7) is 6.96. The van der Waals surface area contributed by atoms with E-state index in [0.29, 0.717) is 0 Å². The van der Waals surface area contributed by atoms with E-state index in [1.807, 2.05) is 13.8 Å². The molecule has 4 fully saturated rings. The Kier molecular flexibility index (Phi) is 2.81. The average Bonchev–Trinajstić information content (AvgIpc) is 2.25. The van der Waals surface area contributed by atoms with Crippen LogP contribution in [0.15, 0.2) is 12.4 Å². The van der Waals surface area contributed by atoms with Crippen LogP contribution < -0.4 is 0 Å². The van der Waals surface area contributed by atoms with Crippen LogP contribution in [-0.4, -0.2) is 11.6 Å². The Balaban J connectivity index is 1.83. The molecule has 0 unspecified atom stereocenters. The van der Waals surface area contributed by atoms with Crippen LogP contribution in [0.5, 0.6) is 0 Å². The van der Waals surface area contributed by atoms with Gasteiger partial charge in [-0.05, 0) is 70.1 Å². The number of hydrogen-bond acceptors (Lipinski definition) is 2. The lowest BCUT2D eigenvalue weighted by molar-refractivity contribution is -0.196. The van der Waals surface area contributed by atoms with Crippen molar-refractivity contribution in [3.05, 3.63) is 12.4 Å². The fourth-order valence-electron chi connectivity index (χ4n) is 5.24. The van der Waals surface area contributed by atoms with Crippen molar-refractivity contribution in [2.45, 2.75) is 58.0 Å². The second-order valence-electron chi connectivity index (χ2n) is 7.50. The summed E-state index contributed by atoms with van der Waals surface area (Å²) in [5.41, 5.74) is -0.526. The molecule has 3 heteroatoms. The van der Waals surface area contributed by atoms with Gasteiger partial charge in [0.15, 0.2) is 0 Å². The molecule has 0 aromatic carbocycles. The lowest BCUT2D eigenvalue weighted by Gasteiger charge is -2.61. The SMILES string of the molecule is C=C(F)C(=O)OC(C)(C)C12CC3CC(CC(C3)C1)C2. The molecule has 0 N–H and O–H groups in total. The minimum absolute atomic E-state index is 0.0624. The highest BCUT2D eigenvalue weighted by atomic mass is 19.1. The van der Waals surface area contributed by atoms with E-state index in [-0.39, 0.29) is 5.41 Å². The summed E-state index contributed by atoms with van der Waals surface area (Å²) in [6.07, 6.45) is 7.45. The van der Waals surface area contributed by atoms with E-state index < -0.39 is 17.4 Å². The van der Waals surface area contributed by atoms with E-state index in [0.717, 1.165) is 37.0 Å². The van der Waals surface area contributed by atoms with E-state index in [2.05, 4.69) is 6.58 Å². The molecule has 4 bridgehead atoms. The van der Waals surface area contributed by atoms with Gasteiger partial charge >= 0.3 is 5.97 Å². The highest BCUT2D eigenvalue weighted by Gasteiger charge is 2.58. The van der Waals surface area contributed by atoms with Gasteiger partial charge in [-0.15, -0.1) is 0 Å². The summed E-state index contributed by atoms with van der Waals surface area (Å²) >= 11 is 0. The lowest BCUT2D eigenvalue weighted by atomic mass is 9.46. The summed E-state index contributed by atoms with van der Waals surface area (Å²) in [6, 6.07) is 0. The second-order valence-corrected chi connectivity index (χ2v) is 7.50. The first kappa shape index (κ1) is 13.1. The highest BCUT2D eigenvalue weighted by Crippen LogP contribution is 2.64. The van der Waals surface area contributed by atoms with E-state index in [1.165, 1.54) is 19.3 Å². The number of esters is 1. The zero-order valence-electron chi connectivity index (χ0n) is 11.9. The van der Waals surface area contributed by atoms with Gasteiger partial charge in [-0.3, -0.25) is 0 Å². The molecule has 4 aliphatic carbocycles. The first-order valence-electron chi connectivity index (χ1n) is 7.39. The van der Waals surface area contributed by atoms with Gasteiger partial charge in [0.25, 0.3) is 0 Å². The number of ether oxygens (including phenoxy) is 1. The third-order valence-corrected chi connectivity index (χ3v) is 5.88. The number of rotatable bonds is 3. The van der Waals surface area contributed by atoms with Gasteiger partial charge in [-0.25, -0.2) is 4.79 Å². The lowest BCUT2D eigenvalue weighted by Crippen LogP contribution is -2.57. The Bertz CT molecular complexity index is 389. The molecule has 106 valence electrons. The van der Waals surface area contributed by atoms with Crippen LogP contribution in [0, 0.1) is 23.2 Å². The smallest absolute Gasteiger partial charge is 0.367 e. The molecule has 19 heavy (non-hydrogen) atoms. The van der Waals surface area contributed by atoms with Crippen LogP contribution in [0.2, 0.25) is 0 Å². The quantitative estimate of drug-likeness (QED) is 0.570. The Morgan fingerprint density at radius 1 is 1.16 bits per heavy atom. The Labute approximate surface area is 114 Å². The summed E-state index contributed by atoms with van der Waals surface area (Å²) in [5.74, 6) is 0.493. The Morgan fingerprint density at radius 2 is 1.58 bits per heavy atom. The Hall–Kier alpha value is -0.860. The van der Waals surface area contributed by atoms with Crippen LogP contribution in [0.1, 0.15) is 52.4 Å². The minimum Gasteiger partial charge on any atom is -0.454 e. The second kappa shape index (κ2) is 4.07. The van der Waals surface area contributed by atoms with E-state index in [1.54, 1.807) is 0 Å². The molecule has 0 atom stereocenters. The molecule has 4 saturated carbocycles. The largest absolute Gasteiger partial charge is 0.454 e. The molecule has 0 amide bonds. The molecule has 0 radical (unpaired) electrons. The summed E-state index contributed by atoms with van der Waals surface area (Å²) in [7, 11) is 0. The molecule has 0 aliphatic heterocycles. The van der Waals surface area contributed by atoms with Gasteiger partial charge in [-0.1, -0.05) is 6.58 Å². The molecular weight excluding hydrogens is 243 g/mol. The monoisotopic (exact) mass is 266 g/mol. The summed E-state index contributed by atoms with van der Waals surface area (Å²) < 4.78 is 18.4. The van der Waals surface area contributed by atoms with Crippen LogP contribution in [-0.2, 0) is 9.53 Å². The highest BCUT2D eigenvalue weighted by molar-refractivity contribution is 5.85. The molecular formula is C16H23FO2. The Morgan fingerprint density at radius 3 is 1.95 bits per heavy atom. The topological polar surface area (TPSA) is 26.3 Å². The maximum atomic E-state index is 12.9. The zero-order chi connectivity index (χ0) is 13.8. The van der Waals surface area contributed by atoms with Crippen molar-refractivity contribution in [3.63, 3.8) is 0 Å². The van der Waals surface area contributed by atoms with Gasteiger partial charge in [0.1, 0.15) is 5.60 Å². The van der Waals surface area contributed by atoms with Crippen molar-refractivity contribution < 1.29 is 13.9 Å². The van der Waals surface area contributed by atoms with Crippen molar-refractivity contribution in [3.8, 4) is 0 Å². The molecule has 4 aliphatic rings. The van der Waals surface area contributed by atoms with Gasteiger partial charge < -0.3 is 4.74 Å². The van der Waals surface area contributed by atoms with E-state index in [4.69, 9.17) is 4.74 Å². The molecule has 0 saturated heterocycles. The van der Waals surface area contributed by atoms with Gasteiger partial charge in [-0.2, -0.15) is 4.39 Å². The van der Waals surface area contributed by atoms with E-state index in [9.17, 15) is 9.18 Å². The van der Waals surface area contributed by atoms with Crippen molar-refractivity contribution in [2.24, 2.45) is 23.2 Å². The summed E-state index contributed by atoms with van der Waals surface area (Å²) in [5, 5.41) is 0. The number of halogens is 1. The molecule has 4 rings (SSSR count). The third-order valence-electron chi connectivity index (χ3n) is 5.88. The zero-order valence-corrected chi connectivity index (χ0v) is 11.9. The minimum atomic E-state index is -0.988. The molecule has 0 aromatic rings. The summed E-state index contributed by atoms with van der Waals surface area (Å²) in [4.78, 5) is 11.6. The molecule has 0 heterocycles. The van der Waals surface area contributed by atoms with Crippen LogP contribution >= 0.6 is 0 Å². The fourth-order valence-corrected chi connectivity index (χ4v) is 5.24. The van der Waals surface area contributed by atoms with Crippen molar-refractivity contribution in [1.29, 1.82) is 0 Å². The number of carbonyl (C=O) groups is 1. The average molecular weight is 266 g/mol. The van der Waals surface area contributed by atoms with Crippen molar-refractivity contribution in [2.75, 3.05) is 0 Å². The van der Waals surface area contributed by atoms with Crippen LogP contribution in [0.3, 0.4) is 0 Å². The predicted molar refractivity (Wildman–Crippen MR) is 71.0 cm³/mol. The first-order valence-corrected chi connectivity index (χ1v) is 7.39. The van der Waals surface area contributed by atoms with Gasteiger partial charge in [0.05, 0.1) is 0 Å². The van der Waals surface area contributed by atoms with Gasteiger partial charge in [0, 0.05) is 5.41 Å². The van der Waals surface area contributed by atoms with Gasteiger partial charge in [0.2, 0.25) is 5.83 Å². The maximum Gasteiger partial charge on any atom is 0.367 e. The standard InChI is InChI=1S/C16H23FO2/c1-10(17)14(18)19-15(2,3)16-7-11-4-12(8-16)6-13(5-11)9-16/h11-13H,1,4-9H2,2-3H3. The van der Waals surface area contributed by atoms with Crippen molar-refractivity contribution >= 4 is 5.97 Å². The molecule has 0 spiro atoms. The van der Waals surface area contributed by atoms with E-state index >= 15 is 0 Å². The maximum absolute atomic E-state index is 12.9. The first-order chi connectivity index (χ1) is 8.81. The number of hydrogen-bond donors (Lipinski definition) is 0. The predicted octanol–water partition coefficient (Wildman–Crippen LogP) is 4.01. The normalized spacial score (nSPS) is 40.3. The number of carbonyl (C=O) groups excluding carboxylic acids is 1. The van der Waals surface area contributed by atoms with Crippen molar-refractivity contribution in [1.82, 2.24) is 0 Å².